The van der Waals surface area contributed by atoms with Gasteiger partial charge in [-0.2, -0.15) is 0 Å². The van der Waals surface area contributed by atoms with Crippen LogP contribution in [0.25, 0.3) is 11.3 Å². The van der Waals surface area contributed by atoms with Crippen molar-refractivity contribution in [3.63, 3.8) is 0 Å². The topological polar surface area (TPSA) is 32.9 Å². The fraction of sp³-hybridized carbons (Fsp3) is 0.0833. The van der Waals surface area contributed by atoms with Crippen molar-refractivity contribution in [2.24, 2.45) is 0 Å². The van der Waals surface area contributed by atoms with Gasteiger partial charge in [-0.1, -0.05) is 24.3 Å². The molecule has 0 spiro atoms. The smallest absolute Gasteiger partial charge is 0.166 e. The van der Waals surface area contributed by atoms with Crippen LogP contribution >= 0.6 is 0 Å². The van der Waals surface area contributed by atoms with E-state index in [9.17, 15) is 4.79 Å². The van der Waals surface area contributed by atoms with E-state index in [2.05, 4.69) is 17.1 Å². The lowest BCUT2D eigenvalue weighted by Gasteiger charge is -1.97. The Morgan fingerprint density at radius 1 is 1.21 bits per heavy atom. The van der Waals surface area contributed by atoms with Gasteiger partial charge in [0.25, 0.3) is 0 Å². The number of nitrogens with one attached hydrogen (secondary N) is 1. The minimum Gasteiger partial charge on any atom is -0.352 e. The minimum atomic E-state index is 0.671. The SMILES string of the molecule is O=Cc1cc2c([nH]1)-c1ccccc1C2. The molecule has 3 rings (SSSR count). The van der Waals surface area contributed by atoms with Gasteiger partial charge in [0.1, 0.15) is 0 Å². The number of aromatic amines is 1. The Kier molecular flexibility index (Phi) is 1.39. The van der Waals surface area contributed by atoms with E-state index in [4.69, 9.17) is 0 Å². The highest BCUT2D eigenvalue weighted by atomic mass is 16.1. The van der Waals surface area contributed by atoms with Gasteiger partial charge in [0.2, 0.25) is 0 Å². The van der Waals surface area contributed by atoms with Crippen LogP contribution in [0.4, 0.5) is 0 Å². The summed E-state index contributed by atoms with van der Waals surface area (Å²) in [5, 5.41) is 0. The predicted molar refractivity (Wildman–Crippen MR) is 54.4 cm³/mol. The van der Waals surface area contributed by atoms with Gasteiger partial charge in [-0.15, -0.1) is 0 Å². The predicted octanol–water partition coefficient (Wildman–Crippen LogP) is 2.40. The molecule has 0 saturated carbocycles. The normalized spacial score (nSPS) is 12.3. The third kappa shape index (κ3) is 0.880. The maximum atomic E-state index is 10.6. The molecule has 0 radical (unpaired) electrons. The third-order valence-corrected chi connectivity index (χ3v) is 2.71. The first-order valence-electron chi connectivity index (χ1n) is 4.64. The largest absolute Gasteiger partial charge is 0.352 e. The summed E-state index contributed by atoms with van der Waals surface area (Å²) in [6.45, 7) is 0. The minimum absolute atomic E-state index is 0.671. The molecule has 1 N–H and O–H groups in total. The van der Waals surface area contributed by atoms with E-state index in [0.29, 0.717) is 5.69 Å². The van der Waals surface area contributed by atoms with Crippen LogP contribution < -0.4 is 0 Å². The molecule has 0 fully saturated rings. The van der Waals surface area contributed by atoms with Crippen LogP contribution in [0.2, 0.25) is 0 Å². The van der Waals surface area contributed by atoms with Crippen LogP contribution in [-0.2, 0) is 6.42 Å². The second-order valence-electron chi connectivity index (χ2n) is 3.58. The van der Waals surface area contributed by atoms with Gasteiger partial charge in [-0.3, -0.25) is 4.79 Å². The maximum absolute atomic E-state index is 10.6. The van der Waals surface area contributed by atoms with Gasteiger partial charge in [0.15, 0.2) is 6.29 Å². The quantitative estimate of drug-likeness (QED) is 0.577. The van der Waals surface area contributed by atoms with Crippen LogP contribution in [0, 0.1) is 0 Å². The van der Waals surface area contributed by atoms with Crippen molar-refractivity contribution in [1.29, 1.82) is 0 Å². The Bertz CT molecular complexity index is 511. The van der Waals surface area contributed by atoms with Crippen LogP contribution in [0.1, 0.15) is 21.6 Å². The summed E-state index contributed by atoms with van der Waals surface area (Å²) < 4.78 is 0. The van der Waals surface area contributed by atoms with Gasteiger partial charge in [-0.05, 0) is 17.2 Å². The number of carbonyl (C=O) groups excluding carboxylic acids is 1. The number of rotatable bonds is 1. The molecule has 0 atom stereocenters. The summed E-state index contributed by atoms with van der Waals surface area (Å²) in [7, 11) is 0. The second-order valence-corrected chi connectivity index (χ2v) is 3.58. The highest BCUT2D eigenvalue weighted by molar-refractivity contribution is 5.81. The average molecular weight is 183 g/mol. The molecule has 2 aromatic rings. The zero-order valence-corrected chi connectivity index (χ0v) is 7.58. The van der Waals surface area contributed by atoms with E-state index in [1.165, 1.54) is 16.7 Å². The van der Waals surface area contributed by atoms with E-state index < -0.39 is 0 Å². The highest BCUT2D eigenvalue weighted by Gasteiger charge is 2.19. The molecule has 1 aliphatic rings. The molecule has 0 saturated heterocycles. The van der Waals surface area contributed by atoms with Crippen molar-refractivity contribution in [3.05, 3.63) is 47.2 Å². The van der Waals surface area contributed by atoms with E-state index in [-0.39, 0.29) is 0 Å². The van der Waals surface area contributed by atoms with E-state index in [1.54, 1.807) is 0 Å². The van der Waals surface area contributed by atoms with Crippen molar-refractivity contribution in [3.8, 4) is 11.3 Å². The molecule has 1 aliphatic carbocycles. The van der Waals surface area contributed by atoms with Gasteiger partial charge in [0, 0.05) is 17.7 Å². The molecule has 14 heavy (non-hydrogen) atoms. The Hall–Kier alpha value is -1.83. The summed E-state index contributed by atoms with van der Waals surface area (Å²) in [5.41, 5.74) is 5.59. The van der Waals surface area contributed by atoms with Crippen LogP contribution in [-0.4, -0.2) is 11.3 Å². The fourth-order valence-corrected chi connectivity index (χ4v) is 2.09. The molecule has 2 nitrogen and oxygen atoms in total. The summed E-state index contributed by atoms with van der Waals surface area (Å²) >= 11 is 0. The molecular formula is C12H9NO. The zero-order chi connectivity index (χ0) is 9.54. The van der Waals surface area contributed by atoms with Crippen molar-refractivity contribution < 1.29 is 4.79 Å². The lowest BCUT2D eigenvalue weighted by molar-refractivity contribution is 0.111. The number of aldehydes is 1. The van der Waals surface area contributed by atoms with Gasteiger partial charge < -0.3 is 4.98 Å². The summed E-state index contributed by atoms with van der Waals surface area (Å²) in [6, 6.07) is 10.2. The number of benzene rings is 1. The van der Waals surface area contributed by atoms with Crippen molar-refractivity contribution >= 4 is 6.29 Å². The first-order valence-corrected chi connectivity index (χ1v) is 4.64. The second kappa shape index (κ2) is 2.58. The summed E-state index contributed by atoms with van der Waals surface area (Å²) in [5.74, 6) is 0. The molecule has 68 valence electrons. The number of H-pyrrole nitrogens is 1. The van der Waals surface area contributed by atoms with Crippen LogP contribution in [0.3, 0.4) is 0 Å². The molecular weight excluding hydrogens is 174 g/mol. The lowest BCUT2D eigenvalue weighted by Crippen LogP contribution is -1.82. The Morgan fingerprint density at radius 2 is 2.07 bits per heavy atom. The van der Waals surface area contributed by atoms with E-state index in [0.717, 1.165) is 18.4 Å². The number of hydrogen-bond acceptors (Lipinski definition) is 1. The highest BCUT2D eigenvalue weighted by Crippen LogP contribution is 2.35. The number of carbonyl (C=O) groups is 1. The molecule has 0 amide bonds. The van der Waals surface area contributed by atoms with Crippen LogP contribution in [0.5, 0.6) is 0 Å². The standard InChI is InChI=1S/C12H9NO/c14-7-10-6-9-5-8-3-1-2-4-11(8)12(9)13-10/h1-4,6-7,13H,5H2. The lowest BCUT2D eigenvalue weighted by atomic mass is 10.1. The first-order chi connectivity index (χ1) is 6.88. The van der Waals surface area contributed by atoms with Crippen LogP contribution in [0.15, 0.2) is 30.3 Å². The molecule has 0 unspecified atom stereocenters. The molecule has 1 heterocycles. The van der Waals surface area contributed by atoms with Crippen molar-refractivity contribution in [1.82, 2.24) is 4.98 Å². The monoisotopic (exact) mass is 183 g/mol. The summed E-state index contributed by atoms with van der Waals surface area (Å²) in [4.78, 5) is 13.7. The fourth-order valence-electron chi connectivity index (χ4n) is 2.09. The average Bonchev–Trinajstić information content (AvgIpc) is 2.73. The Morgan fingerprint density at radius 3 is 2.93 bits per heavy atom. The van der Waals surface area contributed by atoms with E-state index in [1.807, 2.05) is 18.2 Å². The van der Waals surface area contributed by atoms with Gasteiger partial charge in [0.05, 0.1) is 5.69 Å². The van der Waals surface area contributed by atoms with Crippen molar-refractivity contribution in [2.45, 2.75) is 6.42 Å². The molecule has 0 aliphatic heterocycles. The van der Waals surface area contributed by atoms with E-state index >= 15 is 0 Å². The Labute approximate surface area is 81.6 Å². The third-order valence-electron chi connectivity index (χ3n) is 2.71. The zero-order valence-electron chi connectivity index (χ0n) is 7.58. The molecule has 1 aromatic carbocycles. The number of aromatic nitrogens is 1. The Balaban J connectivity index is 2.24. The summed E-state index contributed by atoms with van der Waals surface area (Å²) in [6.07, 6.45) is 1.80. The number of fused-ring (bicyclic) bond motifs is 3. The molecule has 2 heteroatoms. The van der Waals surface area contributed by atoms with Gasteiger partial charge >= 0.3 is 0 Å². The maximum Gasteiger partial charge on any atom is 0.166 e. The molecule has 0 bridgehead atoms. The van der Waals surface area contributed by atoms with Gasteiger partial charge in [-0.25, -0.2) is 0 Å². The van der Waals surface area contributed by atoms with Crippen molar-refractivity contribution in [2.75, 3.05) is 0 Å². The number of hydrogen-bond donors (Lipinski definition) is 1. The molecule has 1 aromatic heterocycles. The first kappa shape index (κ1) is 7.56.